The molecule has 16 heavy (non-hydrogen) atoms. The Hall–Kier alpha value is -0.0100. The minimum Gasteiger partial charge on any atom is -0.126 e. The van der Waals surface area contributed by atoms with E-state index in [0.717, 1.165) is 16.3 Å². The predicted molar refractivity (Wildman–Crippen MR) is 76.3 cm³/mol. The van der Waals surface area contributed by atoms with Crippen molar-refractivity contribution >= 4 is 27.5 Å². The quantitative estimate of drug-likeness (QED) is 0.600. The molecular weight excluding hydrogens is 284 g/mol. The SMILES string of the molecule is CCC(CC)CC(CCl)c1ccc(Br)cc1. The van der Waals surface area contributed by atoms with Gasteiger partial charge in [-0.25, -0.2) is 0 Å². The highest BCUT2D eigenvalue weighted by molar-refractivity contribution is 9.10. The van der Waals surface area contributed by atoms with E-state index in [4.69, 9.17) is 11.6 Å². The molecule has 0 saturated heterocycles. The Bertz CT molecular complexity index is 290. The highest BCUT2D eigenvalue weighted by atomic mass is 79.9. The zero-order valence-electron chi connectivity index (χ0n) is 10.0. The van der Waals surface area contributed by atoms with Crippen molar-refractivity contribution in [2.75, 3.05) is 5.88 Å². The maximum absolute atomic E-state index is 6.09. The third-order valence-electron chi connectivity index (χ3n) is 3.30. The average molecular weight is 304 g/mol. The fourth-order valence-corrected chi connectivity index (χ4v) is 2.62. The van der Waals surface area contributed by atoms with Crippen LogP contribution in [0.5, 0.6) is 0 Å². The zero-order chi connectivity index (χ0) is 12.0. The maximum atomic E-state index is 6.09. The van der Waals surface area contributed by atoms with Crippen LogP contribution < -0.4 is 0 Å². The van der Waals surface area contributed by atoms with E-state index in [-0.39, 0.29) is 0 Å². The molecule has 1 rings (SSSR count). The molecule has 1 aromatic rings. The molecule has 0 bridgehead atoms. The van der Waals surface area contributed by atoms with Crippen LogP contribution in [0.15, 0.2) is 28.7 Å². The molecule has 0 aliphatic carbocycles. The van der Waals surface area contributed by atoms with Crippen molar-refractivity contribution in [3.8, 4) is 0 Å². The van der Waals surface area contributed by atoms with Crippen LogP contribution in [0.3, 0.4) is 0 Å². The number of hydrogen-bond acceptors (Lipinski definition) is 0. The summed E-state index contributed by atoms with van der Waals surface area (Å²) in [5, 5.41) is 0. The van der Waals surface area contributed by atoms with Gasteiger partial charge in [0.2, 0.25) is 0 Å². The predicted octanol–water partition coefficient (Wildman–Crippen LogP) is 5.60. The van der Waals surface area contributed by atoms with Crippen molar-refractivity contribution in [2.24, 2.45) is 5.92 Å². The molecule has 1 unspecified atom stereocenters. The second-order valence-electron chi connectivity index (χ2n) is 4.32. The molecule has 0 aliphatic rings. The third kappa shape index (κ3) is 4.10. The summed E-state index contributed by atoms with van der Waals surface area (Å²) in [6.45, 7) is 4.53. The number of halogens is 2. The normalized spacial score (nSPS) is 13.1. The molecule has 90 valence electrons. The molecule has 1 atom stereocenters. The molecule has 0 aromatic heterocycles. The molecule has 0 saturated carbocycles. The van der Waals surface area contributed by atoms with Gasteiger partial charge in [-0.05, 0) is 36.0 Å². The lowest BCUT2D eigenvalue weighted by molar-refractivity contribution is 0.424. The molecule has 0 fully saturated rings. The fourth-order valence-electron chi connectivity index (χ4n) is 2.05. The maximum Gasteiger partial charge on any atom is 0.0292 e. The Kier molecular flexibility index (Phi) is 6.45. The van der Waals surface area contributed by atoms with Crippen molar-refractivity contribution in [1.29, 1.82) is 0 Å². The fraction of sp³-hybridized carbons (Fsp3) is 0.571. The van der Waals surface area contributed by atoms with E-state index in [1.807, 2.05) is 0 Å². The summed E-state index contributed by atoms with van der Waals surface area (Å²) in [6, 6.07) is 8.56. The van der Waals surface area contributed by atoms with E-state index < -0.39 is 0 Å². The van der Waals surface area contributed by atoms with Crippen molar-refractivity contribution in [2.45, 2.75) is 39.0 Å². The van der Waals surface area contributed by atoms with Gasteiger partial charge in [0.05, 0.1) is 0 Å². The van der Waals surface area contributed by atoms with Crippen LogP contribution in [0.1, 0.15) is 44.6 Å². The lowest BCUT2D eigenvalue weighted by atomic mass is 9.87. The van der Waals surface area contributed by atoms with Crippen LogP contribution in [0.25, 0.3) is 0 Å². The number of alkyl halides is 1. The third-order valence-corrected chi connectivity index (χ3v) is 4.20. The first-order valence-electron chi connectivity index (χ1n) is 6.02. The van der Waals surface area contributed by atoms with E-state index in [2.05, 4.69) is 54.0 Å². The highest BCUT2D eigenvalue weighted by Crippen LogP contribution is 2.29. The summed E-state index contributed by atoms with van der Waals surface area (Å²) in [6.07, 6.45) is 3.71. The molecule has 2 heteroatoms. The van der Waals surface area contributed by atoms with Gasteiger partial charge >= 0.3 is 0 Å². The number of rotatable bonds is 6. The molecule has 0 aliphatic heterocycles. The van der Waals surface area contributed by atoms with Gasteiger partial charge in [-0.1, -0.05) is 54.8 Å². The van der Waals surface area contributed by atoms with Crippen LogP contribution in [-0.4, -0.2) is 5.88 Å². The van der Waals surface area contributed by atoms with E-state index >= 15 is 0 Å². The molecule has 0 heterocycles. The van der Waals surface area contributed by atoms with Crippen molar-refractivity contribution in [1.82, 2.24) is 0 Å². The van der Waals surface area contributed by atoms with Gasteiger partial charge in [0.15, 0.2) is 0 Å². The molecule has 0 N–H and O–H groups in total. The Morgan fingerprint density at radius 1 is 1.12 bits per heavy atom. The standard InChI is InChI=1S/C14H20BrCl/c1-3-11(4-2)9-13(10-16)12-5-7-14(15)8-6-12/h5-8,11,13H,3-4,9-10H2,1-2H3. The summed E-state index contributed by atoms with van der Waals surface area (Å²) in [5.41, 5.74) is 1.37. The Balaban J connectivity index is 2.70. The lowest BCUT2D eigenvalue weighted by Gasteiger charge is -2.20. The Morgan fingerprint density at radius 2 is 1.69 bits per heavy atom. The summed E-state index contributed by atoms with van der Waals surface area (Å²) in [7, 11) is 0. The summed E-state index contributed by atoms with van der Waals surface area (Å²) < 4.78 is 1.13. The van der Waals surface area contributed by atoms with Gasteiger partial charge in [0, 0.05) is 10.4 Å². The highest BCUT2D eigenvalue weighted by Gasteiger charge is 2.15. The first kappa shape index (κ1) is 14.1. The first-order valence-corrected chi connectivity index (χ1v) is 7.35. The van der Waals surface area contributed by atoms with E-state index in [1.165, 1.54) is 24.8 Å². The monoisotopic (exact) mass is 302 g/mol. The Morgan fingerprint density at radius 3 is 2.12 bits per heavy atom. The van der Waals surface area contributed by atoms with Crippen LogP contribution in [0.2, 0.25) is 0 Å². The minimum atomic E-state index is 0.500. The second kappa shape index (κ2) is 7.34. The van der Waals surface area contributed by atoms with Crippen LogP contribution in [0.4, 0.5) is 0 Å². The average Bonchev–Trinajstić information content (AvgIpc) is 2.32. The summed E-state index contributed by atoms with van der Waals surface area (Å²) in [5.74, 6) is 2.02. The Labute approximate surface area is 113 Å². The number of hydrogen-bond donors (Lipinski definition) is 0. The van der Waals surface area contributed by atoms with Gasteiger partial charge in [-0.3, -0.25) is 0 Å². The lowest BCUT2D eigenvalue weighted by Crippen LogP contribution is -2.08. The topological polar surface area (TPSA) is 0 Å². The van der Waals surface area contributed by atoms with Crippen LogP contribution in [-0.2, 0) is 0 Å². The molecule has 0 nitrogen and oxygen atoms in total. The summed E-state index contributed by atoms with van der Waals surface area (Å²) >= 11 is 9.55. The van der Waals surface area contributed by atoms with Gasteiger partial charge in [-0.2, -0.15) is 0 Å². The van der Waals surface area contributed by atoms with E-state index in [0.29, 0.717) is 5.92 Å². The smallest absolute Gasteiger partial charge is 0.0292 e. The van der Waals surface area contributed by atoms with E-state index in [9.17, 15) is 0 Å². The molecule has 0 spiro atoms. The second-order valence-corrected chi connectivity index (χ2v) is 5.55. The minimum absolute atomic E-state index is 0.500. The van der Waals surface area contributed by atoms with E-state index in [1.54, 1.807) is 0 Å². The summed E-state index contributed by atoms with van der Waals surface area (Å²) in [4.78, 5) is 0. The molecule has 1 aromatic carbocycles. The van der Waals surface area contributed by atoms with Gasteiger partial charge in [-0.15, -0.1) is 11.6 Å². The van der Waals surface area contributed by atoms with Gasteiger partial charge < -0.3 is 0 Å². The van der Waals surface area contributed by atoms with Gasteiger partial charge in [0.25, 0.3) is 0 Å². The molecule has 0 amide bonds. The van der Waals surface area contributed by atoms with Crippen molar-refractivity contribution in [3.05, 3.63) is 34.3 Å². The van der Waals surface area contributed by atoms with Gasteiger partial charge in [0.1, 0.15) is 0 Å². The molecule has 0 radical (unpaired) electrons. The first-order chi connectivity index (χ1) is 7.71. The number of benzene rings is 1. The largest absolute Gasteiger partial charge is 0.126 e. The van der Waals surface area contributed by atoms with Crippen LogP contribution in [0, 0.1) is 5.92 Å². The molecular formula is C14H20BrCl. The van der Waals surface area contributed by atoms with Crippen molar-refractivity contribution in [3.63, 3.8) is 0 Å². The van der Waals surface area contributed by atoms with Crippen LogP contribution >= 0.6 is 27.5 Å². The van der Waals surface area contributed by atoms with Crippen molar-refractivity contribution < 1.29 is 0 Å². The zero-order valence-corrected chi connectivity index (χ0v) is 12.4.